The number of thiophene rings is 1. The lowest BCUT2D eigenvalue weighted by Gasteiger charge is -2.11. The molecule has 8 heteroatoms. The summed E-state index contributed by atoms with van der Waals surface area (Å²) in [6, 6.07) is 12.9. The number of fused-ring (bicyclic) bond motifs is 1. The molecule has 0 fully saturated rings. The lowest BCUT2D eigenvalue weighted by molar-refractivity contribution is 0.0505. The van der Waals surface area contributed by atoms with Crippen LogP contribution in [0.2, 0.25) is 0 Å². The van der Waals surface area contributed by atoms with Crippen molar-refractivity contribution >= 4 is 39.0 Å². The van der Waals surface area contributed by atoms with E-state index in [1.54, 1.807) is 37.7 Å². The Balaban J connectivity index is 1.66. The van der Waals surface area contributed by atoms with Gasteiger partial charge in [-0.15, -0.1) is 11.3 Å². The Hall–Kier alpha value is -3.65. The molecular formula is C24H23N3O4S. The van der Waals surface area contributed by atoms with Gasteiger partial charge < -0.3 is 19.5 Å². The lowest BCUT2D eigenvalue weighted by atomic mass is 10.1. The van der Waals surface area contributed by atoms with Gasteiger partial charge >= 0.3 is 5.97 Å². The summed E-state index contributed by atoms with van der Waals surface area (Å²) in [7, 11) is 3.23. The van der Waals surface area contributed by atoms with Crippen LogP contribution in [0.5, 0.6) is 11.5 Å². The third-order valence-corrected chi connectivity index (χ3v) is 5.77. The fourth-order valence-corrected chi connectivity index (χ4v) is 4.21. The topological polar surface area (TPSA) is 82.6 Å². The van der Waals surface area contributed by atoms with Crippen LogP contribution in [0.4, 0.5) is 11.5 Å². The van der Waals surface area contributed by atoms with Gasteiger partial charge in [0.15, 0.2) is 11.5 Å². The third kappa shape index (κ3) is 4.36. The Labute approximate surface area is 190 Å². The van der Waals surface area contributed by atoms with Gasteiger partial charge in [-0.2, -0.15) is 0 Å². The van der Waals surface area contributed by atoms with Gasteiger partial charge in [0.2, 0.25) is 0 Å². The maximum Gasteiger partial charge on any atom is 0.338 e. The Bertz CT molecular complexity index is 1240. The predicted molar refractivity (Wildman–Crippen MR) is 126 cm³/mol. The molecule has 2 aromatic heterocycles. The van der Waals surface area contributed by atoms with Gasteiger partial charge in [-0.25, -0.2) is 14.8 Å². The molecule has 2 heterocycles. The van der Waals surface area contributed by atoms with Crippen molar-refractivity contribution in [3.63, 3.8) is 0 Å². The molecule has 0 saturated heterocycles. The molecule has 164 valence electrons. The molecule has 32 heavy (non-hydrogen) atoms. The Morgan fingerprint density at radius 1 is 1.03 bits per heavy atom. The molecule has 0 aliphatic heterocycles. The highest BCUT2D eigenvalue weighted by Gasteiger charge is 2.16. The number of hydrogen-bond acceptors (Lipinski definition) is 8. The van der Waals surface area contributed by atoms with Crippen molar-refractivity contribution in [2.75, 3.05) is 26.1 Å². The Morgan fingerprint density at radius 3 is 2.53 bits per heavy atom. The average molecular weight is 450 g/mol. The van der Waals surface area contributed by atoms with E-state index in [1.165, 1.54) is 6.33 Å². The summed E-state index contributed by atoms with van der Waals surface area (Å²) in [4.78, 5) is 21.8. The number of nitrogens with zero attached hydrogens (tertiary/aromatic N) is 2. The number of carbonyl (C=O) groups is 1. The lowest BCUT2D eigenvalue weighted by Crippen LogP contribution is -2.05. The number of carbonyl (C=O) groups excluding carboxylic acids is 1. The molecule has 4 rings (SSSR count). The first kappa shape index (κ1) is 21.6. The number of rotatable bonds is 8. The Kier molecular flexibility index (Phi) is 6.51. The van der Waals surface area contributed by atoms with Crippen molar-refractivity contribution in [2.24, 2.45) is 0 Å². The van der Waals surface area contributed by atoms with Crippen molar-refractivity contribution in [3.8, 4) is 22.6 Å². The number of hydrogen-bond donors (Lipinski definition) is 1. The number of aromatic nitrogens is 2. The molecule has 7 nitrogen and oxygen atoms in total. The minimum absolute atomic E-state index is 0.323. The summed E-state index contributed by atoms with van der Waals surface area (Å²) >= 11 is 1.55. The molecule has 0 amide bonds. The minimum Gasteiger partial charge on any atom is -0.493 e. The van der Waals surface area contributed by atoms with E-state index in [-0.39, 0.29) is 5.97 Å². The van der Waals surface area contributed by atoms with Gasteiger partial charge in [0.1, 0.15) is 17.0 Å². The second-order valence-corrected chi connectivity index (χ2v) is 7.82. The zero-order chi connectivity index (χ0) is 22.5. The monoisotopic (exact) mass is 449 g/mol. The van der Waals surface area contributed by atoms with E-state index in [4.69, 9.17) is 14.2 Å². The first-order valence-corrected chi connectivity index (χ1v) is 11.0. The number of benzene rings is 2. The van der Waals surface area contributed by atoms with Gasteiger partial charge in [-0.05, 0) is 48.4 Å². The van der Waals surface area contributed by atoms with Crippen LogP contribution in [0, 0.1) is 0 Å². The highest BCUT2D eigenvalue weighted by Crippen LogP contribution is 2.40. The second kappa shape index (κ2) is 9.65. The highest BCUT2D eigenvalue weighted by molar-refractivity contribution is 7.17. The van der Waals surface area contributed by atoms with Crippen molar-refractivity contribution in [3.05, 3.63) is 59.7 Å². The number of ether oxygens (including phenoxy) is 3. The average Bonchev–Trinajstić information content (AvgIpc) is 3.28. The van der Waals surface area contributed by atoms with Crippen LogP contribution in [0.3, 0.4) is 0 Å². The van der Waals surface area contributed by atoms with Gasteiger partial charge in [0.05, 0.1) is 31.8 Å². The van der Waals surface area contributed by atoms with Crippen molar-refractivity contribution in [1.29, 1.82) is 0 Å². The molecular weight excluding hydrogens is 426 g/mol. The zero-order valence-electron chi connectivity index (χ0n) is 18.0. The normalized spacial score (nSPS) is 10.7. The summed E-state index contributed by atoms with van der Waals surface area (Å²) in [5.74, 6) is 1.68. The van der Waals surface area contributed by atoms with E-state index in [0.717, 1.165) is 33.5 Å². The maximum atomic E-state index is 12.0. The molecule has 1 N–H and O–H groups in total. The van der Waals surface area contributed by atoms with E-state index in [2.05, 4.69) is 20.7 Å². The fraction of sp³-hybridized carbons (Fsp3) is 0.208. The largest absolute Gasteiger partial charge is 0.493 e. The van der Waals surface area contributed by atoms with Crippen molar-refractivity contribution < 1.29 is 19.0 Å². The number of anilines is 2. The molecule has 0 bridgehead atoms. The van der Waals surface area contributed by atoms with Crippen LogP contribution in [-0.4, -0.2) is 36.8 Å². The first-order valence-electron chi connectivity index (χ1n) is 10.1. The number of esters is 1. The van der Waals surface area contributed by atoms with Crippen LogP contribution < -0.4 is 14.8 Å². The number of nitrogens with one attached hydrogen (secondary N) is 1. The third-order valence-electron chi connectivity index (χ3n) is 4.89. The minimum atomic E-state index is -0.323. The fourth-order valence-electron chi connectivity index (χ4n) is 3.29. The van der Waals surface area contributed by atoms with E-state index in [1.807, 2.05) is 37.3 Å². The molecule has 0 aliphatic rings. The second-order valence-electron chi connectivity index (χ2n) is 6.96. The summed E-state index contributed by atoms with van der Waals surface area (Å²) in [5, 5.41) is 6.32. The molecule has 2 aromatic carbocycles. The summed E-state index contributed by atoms with van der Waals surface area (Å²) in [6.45, 7) is 2.37. The van der Waals surface area contributed by atoms with Gasteiger partial charge in [0.25, 0.3) is 0 Å². The van der Waals surface area contributed by atoms with Crippen LogP contribution >= 0.6 is 11.3 Å². The SMILES string of the molecule is CCCOC(=O)c1ccc(Nc2ncnc3scc(-c4ccc(OC)c(OC)c4)c23)cc1. The molecule has 0 atom stereocenters. The summed E-state index contributed by atoms with van der Waals surface area (Å²) < 4.78 is 16.0. The van der Waals surface area contributed by atoms with E-state index < -0.39 is 0 Å². The number of methoxy groups -OCH3 is 2. The summed E-state index contributed by atoms with van der Waals surface area (Å²) in [5.41, 5.74) is 3.29. The molecule has 4 aromatic rings. The zero-order valence-corrected chi connectivity index (χ0v) is 18.9. The van der Waals surface area contributed by atoms with Crippen molar-refractivity contribution in [2.45, 2.75) is 13.3 Å². The molecule has 0 aliphatic carbocycles. The smallest absolute Gasteiger partial charge is 0.338 e. The van der Waals surface area contributed by atoms with Crippen molar-refractivity contribution in [1.82, 2.24) is 9.97 Å². The van der Waals surface area contributed by atoms with Gasteiger partial charge in [0, 0.05) is 16.6 Å². The van der Waals surface area contributed by atoms with Crippen LogP contribution in [0.25, 0.3) is 21.3 Å². The standard InChI is InChI=1S/C24H23N3O4S/c1-4-11-31-24(28)15-5-8-17(9-6-15)27-22-21-18(13-32-23(21)26-14-25-22)16-7-10-19(29-2)20(12-16)30-3/h5-10,12-14H,4,11H2,1-3H3,(H,25,26,27). The molecule has 0 radical (unpaired) electrons. The highest BCUT2D eigenvalue weighted by atomic mass is 32.1. The predicted octanol–water partition coefficient (Wildman–Crippen LogP) is 5.69. The summed E-state index contributed by atoms with van der Waals surface area (Å²) in [6.07, 6.45) is 2.33. The van der Waals surface area contributed by atoms with Crippen LogP contribution in [0.15, 0.2) is 54.2 Å². The van der Waals surface area contributed by atoms with Gasteiger partial charge in [-0.3, -0.25) is 0 Å². The Morgan fingerprint density at radius 2 is 1.81 bits per heavy atom. The first-order chi connectivity index (χ1) is 15.6. The van der Waals surface area contributed by atoms with Crippen LogP contribution in [-0.2, 0) is 4.74 Å². The van der Waals surface area contributed by atoms with E-state index >= 15 is 0 Å². The quantitative estimate of drug-likeness (QED) is 0.346. The van der Waals surface area contributed by atoms with E-state index in [0.29, 0.717) is 29.5 Å². The molecule has 0 unspecified atom stereocenters. The molecule has 0 saturated carbocycles. The van der Waals surface area contributed by atoms with Crippen LogP contribution in [0.1, 0.15) is 23.7 Å². The molecule has 0 spiro atoms. The van der Waals surface area contributed by atoms with Gasteiger partial charge in [-0.1, -0.05) is 13.0 Å². The maximum absolute atomic E-state index is 12.0. The van der Waals surface area contributed by atoms with E-state index in [9.17, 15) is 4.79 Å².